The highest BCUT2D eigenvalue weighted by Gasteiger charge is 2.04. The van der Waals surface area contributed by atoms with Gasteiger partial charge in [0.05, 0.1) is 18.7 Å². The molecule has 0 radical (unpaired) electrons. The zero-order valence-corrected chi connectivity index (χ0v) is 12.7. The number of benzene rings is 2. The molecule has 0 atom stereocenters. The Morgan fingerprint density at radius 2 is 1.90 bits per heavy atom. The molecule has 0 amide bonds. The fourth-order valence-electron chi connectivity index (χ4n) is 1.68. The first-order chi connectivity index (χ1) is 9.70. The quantitative estimate of drug-likeness (QED) is 0.495. The van der Waals surface area contributed by atoms with Gasteiger partial charge < -0.3 is 15.2 Å². The fraction of sp³-hybridized carbons (Fsp3) is 0.200. The number of methoxy groups -OCH3 is 1. The Morgan fingerprint density at radius 1 is 1.15 bits per heavy atom. The predicted octanol–water partition coefficient (Wildman–Crippen LogP) is 4.10. The first-order valence-corrected chi connectivity index (χ1v) is 7.50. The van der Waals surface area contributed by atoms with Crippen molar-refractivity contribution in [2.24, 2.45) is 0 Å². The van der Waals surface area contributed by atoms with Crippen LogP contribution in [0.1, 0.15) is 0 Å². The van der Waals surface area contributed by atoms with Crippen molar-refractivity contribution in [1.82, 2.24) is 0 Å². The normalized spacial score (nSPS) is 10.3. The van der Waals surface area contributed by atoms with E-state index < -0.39 is 0 Å². The summed E-state index contributed by atoms with van der Waals surface area (Å²) in [7, 11) is 1.63. The average molecular weight is 310 g/mol. The zero-order valence-electron chi connectivity index (χ0n) is 11.1. The molecule has 3 nitrogen and oxygen atoms in total. The summed E-state index contributed by atoms with van der Waals surface area (Å²) in [6, 6.07) is 13.1. The van der Waals surface area contributed by atoms with Crippen LogP contribution in [-0.4, -0.2) is 19.5 Å². The van der Waals surface area contributed by atoms with E-state index in [1.54, 1.807) is 24.9 Å². The summed E-state index contributed by atoms with van der Waals surface area (Å²) in [5.41, 5.74) is 6.33. The smallest absolute Gasteiger partial charge is 0.161 e. The third-order valence-corrected chi connectivity index (χ3v) is 4.09. The van der Waals surface area contributed by atoms with Crippen LogP contribution in [0.2, 0.25) is 5.02 Å². The lowest BCUT2D eigenvalue weighted by atomic mass is 10.3. The number of nitrogens with two attached hydrogens (primary N) is 1. The minimum atomic E-state index is 0.575. The second-order valence-corrected chi connectivity index (χ2v) is 5.58. The van der Waals surface area contributed by atoms with E-state index in [9.17, 15) is 0 Å². The number of hydrogen-bond acceptors (Lipinski definition) is 4. The van der Waals surface area contributed by atoms with E-state index in [-0.39, 0.29) is 0 Å². The first-order valence-electron chi connectivity index (χ1n) is 6.14. The summed E-state index contributed by atoms with van der Waals surface area (Å²) in [4.78, 5) is 1.00. The van der Waals surface area contributed by atoms with Crippen LogP contribution in [0.4, 0.5) is 5.69 Å². The van der Waals surface area contributed by atoms with E-state index in [2.05, 4.69) is 0 Å². The van der Waals surface area contributed by atoms with Gasteiger partial charge in [-0.3, -0.25) is 0 Å². The van der Waals surface area contributed by atoms with Gasteiger partial charge in [-0.15, -0.1) is 11.8 Å². The third kappa shape index (κ3) is 3.99. The molecule has 106 valence electrons. The summed E-state index contributed by atoms with van der Waals surface area (Å²) in [6.07, 6.45) is 0. The second kappa shape index (κ2) is 7.31. The molecule has 0 spiro atoms. The highest BCUT2D eigenvalue weighted by Crippen LogP contribution is 2.29. The van der Waals surface area contributed by atoms with Crippen LogP contribution >= 0.6 is 23.4 Å². The molecule has 0 aliphatic rings. The molecule has 0 heterocycles. The first kappa shape index (κ1) is 14.9. The van der Waals surface area contributed by atoms with E-state index in [0.29, 0.717) is 17.3 Å². The third-order valence-electron chi connectivity index (χ3n) is 2.62. The van der Waals surface area contributed by atoms with Crippen molar-refractivity contribution in [1.29, 1.82) is 0 Å². The van der Waals surface area contributed by atoms with Crippen LogP contribution < -0.4 is 15.2 Å². The fourth-order valence-corrected chi connectivity index (χ4v) is 2.78. The van der Waals surface area contributed by atoms with E-state index in [1.165, 1.54) is 0 Å². The van der Waals surface area contributed by atoms with Crippen molar-refractivity contribution in [3.05, 3.63) is 47.5 Å². The molecule has 2 N–H and O–H groups in total. The molecule has 0 fully saturated rings. The van der Waals surface area contributed by atoms with Gasteiger partial charge in [0.2, 0.25) is 0 Å². The Labute approximate surface area is 128 Å². The van der Waals surface area contributed by atoms with Crippen LogP contribution in [0, 0.1) is 0 Å². The highest BCUT2D eigenvalue weighted by molar-refractivity contribution is 7.99. The number of thioether (sulfide) groups is 1. The van der Waals surface area contributed by atoms with Crippen molar-refractivity contribution in [3.8, 4) is 11.5 Å². The molecule has 20 heavy (non-hydrogen) atoms. The maximum atomic E-state index is 6.11. The number of ether oxygens (including phenoxy) is 2. The highest BCUT2D eigenvalue weighted by atomic mass is 35.5. The predicted molar refractivity (Wildman–Crippen MR) is 85.1 cm³/mol. The number of nitrogen functional groups attached to an aromatic ring is 1. The Morgan fingerprint density at radius 3 is 2.60 bits per heavy atom. The minimum absolute atomic E-state index is 0.575. The SMILES string of the molecule is COc1ccccc1OCCSc1ccc(N)cc1Cl. The molecule has 0 unspecified atom stereocenters. The Kier molecular flexibility index (Phi) is 5.44. The van der Waals surface area contributed by atoms with Gasteiger partial charge in [-0.25, -0.2) is 0 Å². The van der Waals surface area contributed by atoms with Crippen molar-refractivity contribution in [3.63, 3.8) is 0 Å². The van der Waals surface area contributed by atoms with Gasteiger partial charge in [0.15, 0.2) is 11.5 Å². The summed E-state index contributed by atoms with van der Waals surface area (Å²) in [6.45, 7) is 0.575. The molecular formula is C15H16ClNO2S. The molecule has 2 aromatic carbocycles. The van der Waals surface area contributed by atoms with Crippen molar-refractivity contribution >= 4 is 29.1 Å². The van der Waals surface area contributed by atoms with Crippen molar-refractivity contribution in [2.45, 2.75) is 4.90 Å². The number of rotatable bonds is 6. The van der Waals surface area contributed by atoms with Crippen LogP contribution in [0.3, 0.4) is 0 Å². The molecule has 0 bridgehead atoms. The zero-order chi connectivity index (χ0) is 14.4. The lowest BCUT2D eigenvalue weighted by molar-refractivity contribution is 0.313. The van der Waals surface area contributed by atoms with Gasteiger partial charge in [-0.1, -0.05) is 23.7 Å². The van der Waals surface area contributed by atoms with Gasteiger partial charge in [0.25, 0.3) is 0 Å². The van der Waals surface area contributed by atoms with Gasteiger partial charge >= 0.3 is 0 Å². The van der Waals surface area contributed by atoms with Gasteiger partial charge in [0.1, 0.15) is 0 Å². The minimum Gasteiger partial charge on any atom is -0.493 e. The summed E-state index contributed by atoms with van der Waals surface area (Å²) in [5.74, 6) is 2.28. The van der Waals surface area contributed by atoms with E-state index >= 15 is 0 Å². The standard InChI is InChI=1S/C15H16ClNO2S/c1-18-13-4-2-3-5-14(13)19-8-9-20-15-7-6-11(17)10-12(15)16/h2-7,10H,8-9,17H2,1H3. The van der Waals surface area contributed by atoms with E-state index in [1.807, 2.05) is 36.4 Å². The molecule has 5 heteroatoms. The molecule has 0 aliphatic carbocycles. The lowest BCUT2D eigenvalue weighted by Crippen LogP contribution is -2.01. The largest absolute Gasteiger partial charge is 0.493 e. The Bertz CT molecular complexity index is 578. The second-order valence-electron chi connectivity index (χ2n) is 4.04. The average Bonchev–Trinajstić information content (AvgIpc) is 2.46. The summed E-state index contributed by atoms with van der Waals surface area (Å²) >= 11 is 7.75. The molecule has 2 rings (SSSR count). The van der Waals surface area contributed by atoms with Gasteiger partial charge in [-0.2, -0.15) is 0 Å². The monoisotopic (exact) mass is 309 g/mol. The molecule has 0 saturated heterocycles. The number of hydrogen-bond donors (Lipinski definition) is 1. The van der Waals surface area contributed by atoms with Crippen LogP contribution in [0.5, 0.6) is 11.5 Å². The van der Waals surface area contributed by atoms with Gasteiger partial charge in [0, 0.05) is 16.3 Å². The Balaban J connectivity index is 1.84. The molecule has 0 aliphatic heterocycles. The van der Waals surface area contributed by atoms with Crippen molar-refractivity contribution in [2.75, 3.05) is 25.2 Å². The topological polar surface area (TPSA) is 44.5 Å². The van der Waals surface area contributed by atoms with Crippen LogP contribution in [0.25, 0.3) is 0 Å². The maximum Gasteiger partial charge on any atom is 0.161 e. The van der Waals surface area contributed by atoms with Crippen LogP contribution in [0.15, 0.2) is 47.4 Å². The van der Waals surface area contributed by atoms with E-state index in [0.717, 1.165) is 22.1 Å². The summed E-state index contributed by atoms with van der Waals surface area (Å²) < 4.78 is 10.9. The van der Waals surface area contributed by atoms with Gasteiger partial charge in [-0.05, 0) is 30.3 Å². The van der Waals surface area contributed by atoms with Crippen molar-refractivity contribution < 1.29 is 9.47 Å². The number of anilines is 1. The molecule has 0 saturated carbocycles. The maximum absolute atomic E-state index is 6.11. The molecule has 0 aromatic heterocycles. The number of para-hydroxylation sites is 2. The molecule has 2 aromatic rings. The number of halogens is 1. The van der Waals surface area contributed by atoms with Crippen LogP contribution in [-0.2, 0) is 0 Å². The van der Waals surface area contributed by atoms with E-state index in [4.69, 9.17) is 26.8 Å². The Hall–Kier alpha value is -1.52. The summed E-state index contributed by atoms with van der Waals surface area (Å²) in [5, 5.41) is 0.673. The lowest BCUT2D eigenvalue weighted by Gasteiger charge is -2.10. The molecular weight excluding hydrogens is 294 g/mol.